The lowest BCUT2D eigenvalue weighted by molar-refractivity contribution is 0.638. The molecule has 0 bridgehead atoms. The number of anilines is 1. The zero-order valence-electron chi connectivity index (χ0n) is 11.9. The molecule has 1 unspecified atom stereocenters. The van der Waals surface area contributed by atoms with Crippen LogP contribution in [0.2, 0.25) is 0 Å². The van der Waals surface area contributed by atoms with Crippen molar-refractivity contribution in [2.45, 2.75) is 25.3 Å². The molecule has 20 heavy (non-hydrogen) atoms. The Morgan fingerprint density at radius 3 is 3.00 bits per heavy atom. The Labute approximate surface area is 118 Å². The highest BCUT2D eigenvalue weighted by molar-refractivity contribution is 5.91. The summed E-state index contributed by atoms with van der Waals surface area (Å²) in [5.41, 5.74) is 1.99. The predicted octanol–water partition coefficient (Wildman–Crippen LogP) is 2.09. The summed E-state index contributed by atoms with van der Waals surface area (Å²) < 4.78 is 1.70. The SMILES string of the molecule is Cn1c(=O)cc(NC2CCCNCC2)c2ccccc21. The summed E-state index contributed by atoms with van der Waals surface area (Å²) in [7, 11) is 1.82. The number of aryl methyl sites for hydroxylation is 1. The second-order valence-corrected chi connectivity index (χ2v) is 5.49. The fourth-order valence-electron chi connectivity index (χ4n) is 2.91. The third-order valence-electron chi connectivity index (χ3n) is 4.09. The normalized spacial score (nSPS) is 19.8. The summed E-state index contributed by atoms with van der Waals surface area (Å²) in [6, 6.07) is 10.2. The van der Waals surface area contributed by atoms with Crippen LogP contribution in [0.1, 0.15) is 19.3 Å². The maximum atomic E-state index is 12.1. The Morgan fingerprint density at radius 1 is 1.25 bits per heavy atom. The first kappa shape index (κ1) is 13.2. The molecule has 0 amide bonds. The second kappa shape index (κ2) is 5.67. The van der Waals surface area contributed by atoms with Crippen molar-refractivity contribution in [3.8, 4) is 0 Å². The molecule has 1 aliphatic heterocycles. The van der Waals surface area contributed by atoms with Crippen LogP contribution < -0.4 is 16.2 Å². The van der Waals surface area contributed by atoms with E-state index in [-0.39, 0.29) is 5.56 Å². The van der Waals surface area contributed by atoms with Crippen LogP contribution in [0.15, 0.2) is 35.1 Å². The molecule has 1 aromatic carbocycles. The lowest BCUT2D eigenvalue weighted by atomic mass is 10.1. The molecule has 0 aliphatic carbocycles. The van der Waals surface area contributed by atoms with Crippen LogP contribution in [0.3, 0.4) is 0 Å². The van der Waals surface area contributed by atoms with Gasteiger partial charge in [0.15, 0.2) is 0 Å². The van der Waals surface area contributed by atoms with Gasteiger partial charge in [-0.3, -0.25) is 4.79 Å². The van der Waals surface area contributed by atoms with Gasteiger partial charge in [-0.15, -0.1) is 0 Å². The van der Waals surface area contributed by atoms with Crippen LogP contribution >= 0.6 is 0 Å². The van der Waals surface area contributed by atoms with Crippen molar-refractivity contribution in [1.82, 2.24) is 9.88 Å². The monoisotopic (exact) mass is 271 g/mol. The Bertz CT molecular complexity index is 654. The number of para-hydroxylation sites is 1. The summed E-state index contributed by atoms with van der Waals surface area (Å²) in [4.78, 5) is 12.1. The van der Waals surface area contributed by atoms with E-state index in [9.17, 15) is 4.79 Å². The van der Waals surface area contributed by atoms with Gasteiger partial charge in [-0.25, -0.2) is 0 Å². The molecule has 0 radical (unpaired) electrons. The van der Waals surface area contributed by atoms with Crippen LogP contribution in [0, 0.1) is 0 Å². The van der Waals surface area contributed by atoms with Crippen molar-refractivity contribution < 1.29 is 0 Å². The van der Waals surface area contributed by atoms with Gasteiger partial charge in [0, 0.05) is 30.2 Å². The van der Waals surface area contributed by atoms with E-state index in [1.165, 1.54) is 6.42 Å². The molecule has 1 atom stereocenters. The van der Waals surface area contributed by atoms with Crippen LogP contribution in [-0.2, 0) is 7.05 Å². The minimum Gasteiger partial charge on any atom is -0.382 e. The minimum absolute atomic E-state index is 0.0398. The molecular weight excluding hydrogens is 250 g/mol. The van der Waals surface area contributed by atoms with Crippen molar-refractivity contribution in [2.75, 3.05) is 18.4 Å². The number of nitrogens with zero attached hydrogens (tertiary/aromatic N) is 1. The van der Waals surface area contributed by atoms with Crippen molar-refractivity contribution in [2.24, 2.45) is 7.05 Å². The molecule has 1 saturated heterocycles. The van der Waals surface area contributed by atoms with Crippen LogP contribution in [0.25, 0.3) is 10.9 Å². The zero-order valence-corrected chi connectivity index (χ0v) is 11.9. The average Bonchev–Trinajstić information content (AvgIpc) is 2.73. The molecule has 0 spiro atoms. The summed E-state index contributed by atoms with van der Waals surface area (Å²) in [5, 5.41) is 8.11. The molecule has 106 valence electrons. The van der Waals surface area contributed by atoms with Gasteiger partial charge >= 0.3 is 0 Å². The zero-order chi connectivity index (χ0) is 13.9. The topological polar surface area (TPSA) is 46.1 Å². The molecule has 2 heterocycles. The van der Waals surface area contributed by atoms with E-state index >= 15 is 0 Å². The molecule has 1 aliphatic rings. The van der Waals surface area contributed by atoms with E-state index in [1.54, 1.807) is 10.6 Å². The number of pyridine rings is 1. The third kappa shape index (κ3) is 2.56. The molecular formula is C16H21N3O. The number of benzene rings is 1. The van der Waals surface area contributed by atoms with Gasteiger partial charge in [0.1, 0.15) is 0 Å². The van der Waals surface area contributed by atoms with Crippen molar-refractivity contribution >= 4 is 16.6 Å². The van der Waals surface area contributed by atoms with Gasteiger partial charge in [-0.1, -0.05) is 18.2 Å². The molecule has 1 fully saturated rings. The number of hydrogen-bond acceptors (Lipinski definition) is 3. The van der Waals surface area contributed by atoms with Gasteiger partial charge in [0.2, 0.25) is 0 Å². The molecule has 0 saturated carbocycles. The highest BCUT2D eigenvalue weighted by Gasteiger charge is 2.14. The van der Waals surface area contributed by atoms with Crippen molar-refractivity contribution in [1.29, 1.82) is 0 Å². The van der Waals surface area contributed by atoms with Gasteiger partial charge in [-0.05, 0) is 38.4 Å². The highest BCUT2D eigenvalue weighted by Crippen LogP contribution is 2.23. The first-order valence-electron chi connectivity index (χ1n) is 7.32. The van der Waals surface area contributed by atoms with Gasteiger partial charge in [-0.2, -0.15) is 0 Å². The van der Waals surface area contributed by atoms with E-state index in [2.05, 4.69) is 16.7 Å². The number of fused-ring (bicyclic) bond motifs is 1. The Kier molecular flexibility index (Phi) is 3.74. The molecule has 1 aromatic heterocycles. The molecule has 2 aromatic rings. The largest absolute Gasteiger partial charge is 0.382 e. The number of nitrogens with one attached hydrogen (secondary N) is 2. The Morgan fingerprint density at radius 2 is 2.10 bits per heavy atom. The van der Waals surface area contributed by atoms with E-state index in [1.807, 2.05) is 25.2 Å². The minimum atomic E-state index is 0.0398. The third-order valence-corrected chi connectivity index (χ3v) is 4.09. The second-order valence-electron chi connectivity index (χ2n) is 5.49. The van der Waals surface area contributed by atoms with Crippen LogP contribution in [0.5, 0.6) is 0 Å². The van der Waals surface area contributed by atoms with Crippen molar-refractivity contribution in [3.05, 3.63) is 40.7 Å². The fraction of sp³-hybridized carbons (Fsp3) is 0.438. The summed E-state index contributed by atoms with van der Waals surface area (Å²) in [5.74, 6) is 0. The number of aromatic nitrogens is 1. The van der Waals surface area contributed by atoms with E-state index in [4.69, 9.17) is 0 Å². The molecule has 4 heteroatoms. The molecule has 3 rings (SSSR count). The predicted molar refractivity (Wildman–Crippen MR) is 83.3 cm³/mol. The Hall–Kier alpha value is -1.81. The average molecular weight is 271 g/mol. The number of rotatable bonds is 2. The highest BCUT2D eigenvalue weighted by atomic mass is 16.1. The van der Waals surface area contributed by atoms with Gasteiger partial charge < -0.3 is 15.2 Å². The number of hydrogen-bond donors (Lipinski definition) is 2. The smallest absolute Gasteiger partial charge is 0.252 e. The van der Waals surface area contributed by atoms with Crippen molar-refractivity contribution in [3.63, 3.8) is 0 Å². The van der Waals surface area contributed by atoms with E-state index < -0.39 is 0 Å². The summed E-state index contributed by atoms with van der Waals surface area (Å²) in [6.07, 6.45) is 3.43. The van der Waals surface area contributed by atoms with Crippen LogP contribution in [-0.4, -0.2) is 23.7 Å². The maximum Gasteiger partial charge on any atom is 0.252 e. The molecule has 4 nitrogen and oxygen atoms in total. The first-order chi connectivity index (χ1) is 9.75. The lowest BCUT2D eigenvalue weighted by Crippen LogP contribution is -2.24. The van der Waals surface area contributed by atoms with Gasteiger partial charge in [0.05, 0.1) is 5.52 Å². The van der Waals surface area contributed by atoms with E-state index in [0.29, 0.717) is 6.04 Å². The fourth-order valence-corrected chi connectivity index (χ4v) is 2.91. The summed E-state index contributed by atoms with van der Waals surface area (Å²) >= 11 is 0. The lowest BCUT2D eigenvalue weighted by Gasteiger charge is -2.19. The van der Waals surface area contributed by atoms with Gasteiger partial charge in [0.25, 0.3) is 5.56 Å². The van der Waals surface area contributed by atoms with Crippen LogP contribution in [0.4, 0.5) is 5.69 Å². The molecule has 2 N–H and O–H groups in total. The quantitative estimate of drug-likeness (QED) is 0.879. The standard InChI is InChI=1S/C16H21N3O/c1-19-15-7-3-2-6-13(15)14(11-16(19)20)18-12-5-4-9-17-10-8-12/h2-3,6-7,11-12,17-18H,4-5,8-10H2,1H3. The summed E-state index contributed by atoms with van der Waals surface area (Å²) in [6.45, 7) is 2.13. The van der Waals surface area contributed by atoms with E-state index in [0.717, 1.165) is 42.5 Å². The first-order valence-corrected chi connectivity index (χ1v) is 7.32. The Balaban J connectivity index is 1.98. The maximum absolute atomic E-state index is 12.1.